The van der Waals surface area contributed by atoms with Crippen LogP contribution in [-0.4, -0.2) is 59.9 Å². The number of methoxy groups -OCH3 is 1. The largest absolute Gasteiger partial charge is 0.507 e. The first-order valence-corrected chi connectivity index (χ1v) is 10.4. The highest BCUT2D eigenvalue weighted by molar-refractivity contribution is 6.46. The Kier molecular flexibility index (Phi) is 6.04. The first-order valence-electron chi connectivity index (χ1n) is 10.4. The molecular formula is C24H25FN2O4. The summed E-state index contributed by atoms with van der Waals surface area (Å²) in [6, 6.07) is 11.6. The minimum atomic E-state index is -0.788. The van der Waals surface area contributed by atoms with Crippen LogP contribution in [0, 0.1) is 5.82 Å². The van der Waals surface area contributed by atoms with Crippen molar-refractivity contribution in [3.63, 3.8) is 0 Å². The Balaban J connectivity index is 1.79. The SMILES string of the molecule is COc1ccccc1C1/C(=C(\O)c2ccc(F)cc2)C(=O)C(=O)N1CCN1CCCC1. The number of aliphatic hydroxyl groups is 1. The molecule has 2 fully saturated rings. The Morgan fingerprint density at radius 2 is 1.74 bits per heavy atom. The van der Waals surface area contributed by atoms with E-state index in [1.54, 1.807) is 24.3 Å². The van der Waals surface area contributed by atoms with Crippen LogP contribution in [0.5, 0.6) is 5.75 Å². The molecule has 0 radical (unpaired) electrons. The van der Waals surface area contributed by atoms with Crippen LogP contribution in [0.4, 0.5) is 4.39 Å². The topological polar surface area (TPSA) is 70.1 Å². The van der Waals surface area contributed by atoms with Gasteiger partial charge in [0, 0.05) is 24.2 Å². The minimum Gasteiger partial charge on any atom is -0.507 e. The van der Waals surface area contributed by atoms with Crippen LogP contribution in [0.3, 0.4) is 0 Å². The number of Topliss-reactive ketones (excluding diaryl/α,β-unsaturated/α-hetero) is 1. The number of rotatable bonds is 6. The van der Waals surface area contributed by atoms with Gasteiger partial charge in [-0.05, 0) is 56.3 Å². The number of ketones is 1. The summed E-state index contributed by atoms with van der Waals surface area (Å²) in [5.41, 5.74) is 0.885. The van der Waals surface area contributed by atoms with Crippen LogP contribution in [0.1, 0.15) is 30.0 Å². The number of carbonyl (C=O) groups excluding carboxylic acids is 2. The third-order valence-electron chi connectivity index (χ3n) is 5.95. The van der Waals surface area contributed by atoms with Gasteiger partial charge in [-0.3, -0.25) is 9.59 Å². The maximum absolute atomic E-state index is 13.4. The molecule has 0 saturated carbocycles. The maximum Gasteiger partial charge on any atom is 0.295 e. The summed E-state index contributed by atoms with van der Waals surface area (Å²) in [4.78, 5) is 29.8. The third-order valence-corrected chi connectivity index (χ3v) is 5.95. The van der Waals surface area contributed by atoms with Gasteiger partial charge in [0.05, 0.1) is 18.7 Å². The van der Waals surface area contributed by atoms with E-state index < -0.39 is 23.5 Å². The van der Waals surface area contributed by atoms with Crippen LogP contribution < -0.4 is 4.74 Å². The quantitative estimate of drug-likeness (QED) is 0.438. The van der Waals surface area contributed by atoms with E-state index in [0.717, 1.165) is 25.9 Å². The van der Waals surface area contributed by atoms with Gasteiger partial charge in [0.1, 0.15) is 17.3 Å². The Morgan fingerprint density at radius 1 is 1.06 bits per heavy atom. The number of likely N-dealkylation sites (tertiary alicyclic amines) is 2. The molecule has 4 rings (SSSR count). The van der Waals surface area contributed by atoms with E-state index in [9.17, 15) is 19.1 Å². The lowest BCUT2D eigenvalue weighted by atomic mass is 9.94. The molecule has 7 heteroatoms. The fourth-order valence-corrected chi connectivity index (χ4v) is 4.34. The monoisotopic (exact) mass is 424 g/mol. The number of nitrogens with zero attached hydrogens (tertiary/aromatic N) is 2. The second kappa shape index (κ2) is 8.89. The van der Waals surface area contributed by atoms with Crippen molar-refractivity contribution in [2.24, 2.45) is 0 Å². The first-order chi connectivity index (χ1) is 15.0. The normalized spacial score (nSPS) is 21.1. The molecule has 0 aromatic heterocycles. The van der Waals surface area contributed by atoms with Crippen molar-refractivity contribution < 1.29 is 23.8 Å². The molecule has 6 nitrogen and oxygen atoms in total. The molecular weight excluding hydrogens is 399 g/mol. The molecule has 2 aliphatic heterocycles. The van der Waals surface area contributed by atoms with Crippen molar-refractivity contribution in [1.29, 1.82) is 0 Å². The Hall–Kier alpha value is -3.19. The van der Waals surface area contributed by atoms with E-state index in [1.165, 1.54) is 36.3 Å². The average Bonchev–Trinajstić information content (AvgIpc) is 3.39. The maximum atomic E-state index is 13.4. The summed E-state index contributed by atoms with van der Waals surface area (Å²) in [6.45, 7) is 2.94. The van der Waals surface area contributed by atoms with Crippen LogP contribution >= 0.6 is 0 Å². The molecule has 31 heavy (non-hydrogen) atoms. The predicted molar refractivity (Wildman–Crippen MR) is 114 cm³/mol. The van der Waals surface area contributed by atoms with Gasteiger partial charge in [0.2, 0.25) is 0 Å². The van der Waals surface area contributed by atoms with Crippen molar-refractivity contribution >= 4 is 17.4 Å². The number of amides is 1. The molecule has 2 aromatic carbocycles. The molecule has 1 amide bonds. The summed E-state index contributed by atoms with van der Waals surface area (Å²) in [6.07, 6.45) is 2.25. The Bertz CT molecular complexity index is 1010. The van der Waals surface area contributed by atoms with Gasteiger partial charge >= 0.3 is 0 Å². The van der Waals surface area contributed by atoms with Crippen molar-refractivity contribution in [3.8, 4) is 5.75 Å². The van der Waals surface area contributed by atoms with Gasteiger partial charge in [0.15, 0.2) is 0 Å². The van der Waals surface area contributed by atoms with E-state index in [2.05, 4.69) is 4.90 Å². The Labute approximate surface area is 180 Å². The molecule has 2 aliphatic rings. The van der Waals surface area contributed by atoms with E-state index in [-0.39, 0.29) is 16.9 Å². The van der Waals surface area contributed by atoms with Crippen LogP contribution in [0.2, 0.25) is 0 Å². The van der Waals surface area contributed by atoms with E-state index in [1.807, 2.05) is 0 Å². The molecule has 2 aromatic rings. The predicted octanol–water partition coefficient (Wildman–Crippen LogP) is 3.35. The van der Waals surface area contributed by atoms with E-state index in [0.29, 0.717) is 24.4 Å². The number of benzene rings is 2. The first kappa shape index (κ1) is 21.1. The number of ether oxygens (including phenoxy) is 1. The molecule has 1 unspecified atom stereocenters. The van der Waals surface area contributed by atoms with Gasteiger partial charge in [0.25, 0.3) is 11.7 Å². The smallest absolute Gasteiger partial charge is 0.295 e. The summed E-state index contributed by atoms with van der Waals surface area (Å²) in [5, 5.41) is 11.0. The zero-order valence-corrected chi connectivity index (χ0v) is 17.4. The molecule has 2 heterocycles. The summed E-state index contributed by atoms with van der Waals surface area (Å²) in [5.74, 6) is -1.66. The minimum absolute atomic E-state index is 0.0115. The highest BCUT2D eigenvalue weighted by Gasteiger charge is 2.47. The molecule has 0 spiro atoms. The molecule has 1 atom stereocenters. The number of halogens is 1. The lowest BCUT2D eigenvalue weighted by Crippen LogP contribution is -2.37. The lowest BCUT2D eigenvalue weighted by Gasteiger charge is -2.28. The van der Waals surface area contributed by atoms with Gasteiger partial charge in [-0.2, -0.15) is 0 Å². The summed E-state index contributed by atoms with van der Waals surface area (Å²) < 4.78 is 18.9. The lowest BCUT2D eigenvalue weighted by molar-refractivity contribution is -0.140. The van der Waals surface area contributed by atoms with Crippen molar-refractivity contribution in [1.82, 2.24) is 9.80 Å². The second-order valence-corrected chi connectivity index (χ2v) is 7.79. The van der Waals surface area contributed by atoms with Crippen LogP contribution in [0.15, 0.2) is 54.1 Å². The molecule has 1 N–H and O–H groups in total. The summed E-state index contributed by atoms with van der Waals surface area (Å²) in [7, 11) is 1.52. The van der Waals surface area contributed by atoms with Gasteiger partial charge in [-0.1, -0.05) is 18.2 Å². The number of hydrogen-bond acceptors (Lipinski definition) is 5. The number of para-hydroxylation sites is 1. The standard InChI is InChI=1S/C24H25FN2O4/c1-31-19-7-3-2-6-18(19)21-20(22(28)16-8-10-17(25)11-9-16)23(29)24(30)27(21)15-14-26-12-4-5-13-26/h2-3,6-11,21,28H,4-5,12-15H2,1H3/b22-20+. The number of carbonyl (C=O) groups is 2. The van der Waals surface area contributed by atoms with Crippen molar-refractivity contribution in [2.75, 3.05) is 33.3 Å². The zero-order valence-electron chi connectivity index (χ0n) is 17.4. The van der Waals surface area contributed by atoms with Crippen LogP contribution in [-0.2, 0) is 9.59 Å². The van der Waals surface area contributed by atoms with Gasteiger partial charge < -0.3 is 19.6 Å². The Morgan fingerprint density at radius 3 is 2.42 bits per heavy atom. The van der Waals surface area contributed by atoms with E-state index in [4.69, 9.17) is 4.74 Å². The van der Waals surface area contributed by atoms with Crippen molar-refractivity contribution in [2.45, 2.75) is 18.9 Å². The highest BCUT2D eigenvalue weighted by Crippen LogP contribution is 2.42. The highest BCUT2D eigenvalue weighted by atomic mass is 19.1. The van der Waals surface area contributed by atoms with Crippen molar-refractivity contribution in [3.05, 3.63) is 71.0 Å². The molecule has 2 saturated heterocycles. The fraction of sp³-hybridized carbons (Fsp3) is 0.333. The van der Waals surface area contributed by atoms with Crippen LogP contribution in [0.25, 0.3) is 5.76 Å². The molecule has 0 bridgehead atoms. The molecule has 0 aliphatic carbocycles. The zero-order chi connectivity index (χ0) is 22.0. The van der Waals surface area contributed by atoms with Gasteiger partial charge in [-0.15, -0.1) is 0 Å². The summed E-state index contributed by atoms with van der Waals surface area (Å²) >= 11 is 0. The fourth-order valence-electron chi connectivity index (χ4n) is 4.34. The average molecular weight is 424 g/mol. The van der Waals surface area contributed by atoms with E-state index >= 15 is 0 Å². The third kappa shape index (κ3) is 4.05. The molecule has 162 valence electrons. The number of hydrogen-bond donors (Lipinski definition) is 1. The second-order valence-electron chi connectivity index (χ2n) is 7.79. The number of aliphatic hydroxyl groups excluding tert-OH is 1. The van der Waals surface area contributed by atoms with Gasteiger partial charge in [-0.25, -0.2) is 4.39 Å².